The first-order valence-electron chi connectivity index (χ1n) is 6.99. The lowest BCUT2D eigenvalue weighted by Gasteiger charge is -2.23. The van der Waals surface area contributed by atoms with E-state index in [4.69, 9.17) is 0 Å². The number of benzene rings is 1. The summed E-state index contributed by atoms with van der Waals surface area (Å²) in [6, 6.07) is 8.52. The number of rotatable bonds is 3. The fourth-order valence-corrected chi connectivity index (χ4v) is 3.16. The van der Waals surface area contributed by atoms with Crippen LogP contribution < -0.4 is 5.32 Å². The molecular formula is C16H21NO. The van der Waals surface area contributed by atoms with Crippen molar-refractivity contribution in [2.45, 2.75) is 37.8 Å². The Balaban J connectivity index is 1.64. The predicted molar refractivity (Wildman–Crippen MR) is 73.4 cm³/mol. The lowest BCUT2D eigenvalue weighted by atomic mass is 9.94. The Morgan fingerprint density at radius 3 is 2.94 bits per heavy atom. The molecule has 0 saturated heterocycles. The second-order valence-corrected chi connectivity index (χ2v) is 5.51. The van der Waals surface area contributed by atoms with Gasteiger partial charge in [-0.2, -0.15) is 0 Å². The molecule has 2 heteroatoms. The molecule has 2 aliphatic rings. The highest BCUT2D eigenvalue weighted by molar-refractivity contribution is 5.36. The van der Waals surface area contributed by atoms with E-state index in [1.165, 1.54) is 30.4 Å². The molecule has 1 unspecified atom stereocenters. The summed E-state index contributed by atoms with van der Waals surface area (Å²) in [5.74, 6) is 0.731. The molecule has 18 heavy (non-hydrogen) atoms. The van der Waals surface area contributed by atoms with Crippen LogP contribution in [0, 0.1) is 5.92 Å². The lowest BCUT2D eigenvalue weighted by molar-refractivity contribution is 0.138. The van der Waals surface area contributed by atoms with Crippen LogP contribution >= 0.6 is 0 Å². The van der Waals surface area contributed by atoms with Gasteiger partial charge in [0.1, 0.15) is 0 Å². The largest absolute Gasteiger partial charge is 0.391 e. The maximum Gasteiger partial charge on any atom is 0.0775 e. The molecule has 0 fully saturated rings. The van der Waals surface area contributed by atoms with Crippen molar-refractivity contribution >= 4 is 0 Å². The molecule has 1 aromatic rings. The summed E-state index contributed by atoms with van der Waals surface area (Å²) >= 11 is 0. The van der Waals surface area contributed by atoms with Crippen molar-refractivity contribution in [1.82, 2.24) is 5.32 Å². The van der Waals surface area contributed by atoms with Gasteiger partial charge in [0.05, 0.1) is 12.1 Å². The first-order valence-corrected chi connectivity index (χ1v) is 6.99. The van der Waals surface area contributed by atoms with E-state index in [1.54, 1.807) is 0 Å². The zero-order valence-corrected chi connectivity index (χ0v) is 10.7. The van der Waals surface area contributed by atoms with Crippen LogP contribution in [0.3, 0.4) is 0 Å². The molecule has 0 aliphatic heterocycles. The third-order valence-electron chi connectivity index (χ3n) is 4.21. The summed E-state index contributed by atoms with van der Waals surface area (Å²) in [5, 5.41) is 13.7. The molecule has 3 atom stereocenters. The highest BCUT2D eigenvalue weighted by Gasteiger charge is 2.30. The average molecular weight is 243 g/mol. The number of allylic oxidation sites excluding steroid dienone is 2. The Labute approximate surface area is 109 Å². The Morgan fingerprint density at radius 1 is 1.22 bits per heavy atom. The van der Waals surface area contributed by atoms with Crippen molar-refractivity contribution < 1.29 is 5.11 Å². The summed E-state index contributed by atoms with van der Waals surface area (Å²) in [6.07, 6.45) is 8.74. The first kappa shape index (κ1) is 11.9. The third kappa shape index (κ3) is 2.36. The van der Waals surface area contributed by atoms with Crippen molar-refractivity contribution in [3.05, 3.63) is 47.5 Å². The van der Waals surface area contributed by atoms with E-state index in [0.717, 1.165) is 18.9 Å². The Morgan fingerprint density at radius 2 is 2.11 bits per heavy atom. The minimum absolute atomic E-state index is 0.132. The second kappa shape index (κ2) is 5.25. The fraction of sp³-hybridized carbons (Fsp3) is 0.500. The summed E-state index contributed by atoms with van der Waals surface area (Å²) in [4.78, 5) is 0. The van der Waals surface area contributed by atoms with E-state index in [0.29, 0.717) is 0 Å². The van der Waals surface area contributed by atoms with Gasteiger partial charge in [-0.25, -0.2) is 0 Å². The van der Waals surface area contributed by atoms with Gasteiger partial charge in [0.25, 0.3) is 0 Å². The van der Waals surface area contributed by atoms with E-state index >= 15 is 0 Å². The van der Waals surface area contributed by atoms with Crippen LogP contribution in [0.5, 0.6) is 0 Å². The maximum absolute atomic E-state index is 10.2. The zero-order chi connectivity index (χ0) is 12.4. The van der Waals surface area contributed by atoms with Crippen LogP contribution in [0.4, 0.5) is 0 Å². The van der Waals surface area contributed by atoms with Gasteiger partial charge in [-0.15, -0.1) is 0 Å². The molecule has 1 aromatic carbocycles. The smallest absolute Gasteiger partial charge is 0.0775 e. The van der Waals surface area contributed by atoms with Gasteiger partial charge in [-0.05, 0) is 42.9 Å². The van der Waals surface area contributed by atoms with Crippen LogP contribution in [-0.4, -0.2) is 17.8 Å². The van der Waals surface area contributed by atoms with E-state index in [9.17, 15) is 5.11 Å². The molecule has 2 N–H and O–H groups in total. The van der Waals surface area contributed by atoms with Crippen molar-refractivity contribution in [2.75, 3.05) is 6.54 Å². The van der Waals surface area contributed by atoms with Gasteiger partial charge in [0.15, 0.2) is 0 Å². The van der Waals surface area contributed by atoms with E-state index in [2.05, 4.69) is 41.7 Å². The van der Waals surface area contributed by atoms with Gasteiger partial charge in [0, 0.05) is 6.42 Å². The van der Waals surface area contributed by atoms with Gasteiger partial charge in [0.2, 0.25) is 0 Å². The van der Waals surface area contributed by atoms with E-state index in [-0.39, 0.29) is 12.1 Å². The number of nitrogens with one attached hydrogen (secondary N) is 1. The maximum atomic E-state index is 10.2. The number of aliphatic hydroxyl groups is 1. The van der Waals surface area contributed by atoms with E-state index in [1.807, 2.05) is 0 Å². The van der Waals surface area contributed by atoms with Crippen molar-refractivity contribution in [3.63, 3.8) is 0 Å². The minimum Gasteiger partial charge on any atom is -0.391 e. The quantitative estimate of drug-likeness (QED) is 0.800. The second-order valence-electron chi connectivity index (χ2n) is 5.51. The van der Waals surface area contributed by atoms with Crippen molar-refractivity contribution in [2.24, 2.45) is 5.92 Å². The SMILES string of the molecule is O[C@@H]1Cc2ccccc2[C@@H]1NCC1CC=CCC1. The highest BCUT2D eigenvalue weighted by atomic mass is 16.3. The van der Waals surface area contributed by atoms with Gasteiger partial charge < -0.3 is 10.4 Å². The van der Waals surface area contributed by atoms with Gasteiger partial charge in [-0.1, -0.05) is 36.4 Å². The summed E-state index contributed by atoms with van der Waals surface area (Å²) in [6.45, 7) is 1.01. The van der Waals surface area contributed by atoms with Crippen LogP contribution in [0.1, 0.15) is 36.4 Å². The molecule has 0 saturated carbocycles. The highest BCUT2D eigenvalue weighted by Crippen LogP contribution is 2.31. The van der Waals surface area contributed by atoms with Gasteiger partial charge in [-0.3, -0.25) is 0 Å². The molecule has 96 valence electrons. The Bertz CT molecular complexity index is 440. The fourth-order valence-electron chi connectivity index (χ4n) is 3.16. The van der Waals surface area contributed by atoms with Crippen molar-refractivity contribution in [1.29, 1.82) is 0 Å². The summed E-state index contributed by atoms with van der Waals surface area (Å²) < 4.78 is 0. The molecule has 3 rings (SSSR count). The summed E-state index contributed by atoms with van der Waals surface area (Å²) in [5.41, 5.74) is 2.59. The molecule has 0 bridgehead atoms. The van der Waals surface area contributed by atoms with Crippen LogP contribution in [-0.2, 0) is 6.42 Å². The van der Waals surface area contributed by atoms with E-state index < -0.39 is 0 Å². The lowest BCUT2D eigenvalue weighted by Crippen LogP contribution is -2.33. The first-order chi connectivity index (χ1) is 8.84. The number of aliphatic hydroxyl groups excluding tert-OH is 1. The Hall–Kier alpha value is -1.12. The average Bonchev–Trinajstić information content (AvgIpc) is 2.73. The van der Waals surface area contributed by atoms with Crippen LogP contribution in [0.15, 0.2) is 36.4 Å². The number of hydrogen-bond acceptors (Lipinski definition) is 2. The van der Waals surface area contributed by atoms with Gasteiger partial charge >= 0.3 is 0 Å². The summed E-state index contributed by atoms with van der Waals surface area (Å²) in [7, 11) is 0. The normalized spacial score (nSPS) is 30.4. The number of hydrogen-bond donors (Lipinski definition) is 2. The molecular weight excluding hydrogens is 222 g/mol. The molecule has 2 nitrogen and oxygen atoms in total. The zero-order valence-electron chi connectivity index (χ0n) is 10.7. The molecule has 0 aromatic heterocycles. The van der Waals surface area contributed by atoms with Crippen LogP contribution in [0.2, 0.25) is 0 Å². The monoisotopic (exact) mass is 243 g/mol. The standard InChI is InChI=1S/C16H21NO/c18-15-10-13-8-4-5-9-14(13)16(15)17-11-12-6-2-1-3-7-12/h1-2,4-5,8-9,12,15-18H,3,6-7,10-11H2/t12?,15-,16+/m1/s1. The molecule has 2 aliphatic carbocycles. The Kier molecular flexibility index (Phi) is 3.48. The van der Waals surface area contributed by atoms with Crippen LogP contribution in [0.25, 0.3) is 0 Å². The molecule has 0 spiro atoms. The predicted octanol–water partition coefficient (Wildman–Crippen LogP) is 2.59. The number of fused-ring (bicyclic) bond motifs is 1. The third-order valence-corrected chi connectivity index (χ3v) is 4.21. The minimum atomic E-state index is -0.262. The molecule has 0 amide bonds. The molecule has 0 radical (unpaired) electrons. The topological polar surface area (TPSA) is 32.3 Å². The molecule has 0 heterocycles. The van der Waals surface area contributed by atoms with Crippen molar-refractivity contribution in [3.8, 4) is 0 Å².